The monoisotopic (exact) mass is 457 g/mol. The number of nitrogens with one attached hydrogen (secondary N) is 2. The minimum absolute atomic E-state index is 0.00541. The Hall–Kier alpha value is -2.71. The summed E-state index contributed by atoms with van der Waals surface area (Å²) in [5, 5.41) is 5.35. The Balaban J connectivity index is 1.47. The summed E-state index contributed by atoms with van der Waals surface area (Å²) in [5.41, 5.74) is 2.42. The van der Waals surface area contributed by atoms with Crippen molar-refractivity contribution in [2.45, 2.75) is 50.5 Å². The molecule has 2 aromatic carbocycles. The van der Waals surface area contributed by atoms with E-state index in [0.717, 1.165) is 24.0 Å². The molecule has 1 fully saturated rings. The maximum absolute atomic E-state index is 12.6. The van der Waals surface area contributed by atoms with Crippen molar-refractivity contribution in [3.63, 3.8) is 0 Å². The van der Waals surface area contributed by atoms with Crippen molar-refractivity contribution >= 4 is 21.8 Å². The molecule has 1 heterocycles. The van der Waals surface area contributed by atoms with Crippen LogP contribution < -0.4 is 10.6 Å². The summed E-state index contributed by atoms with van der Waals surface area (Å²) in [4.78, 5) is 24.6. The molecule has 2 N–H and O–H groups in total. The number of benzene rings is 2. The maximum Gasteiger partial charge on any atom is 0.251 e. The third-order valence-corrected chi connectivity index (χ3v) is 7.45. The van der Waals surface area contributed by atoms with Crippen molar-refractivity contribution in [1.82, 2.24) is 14.9 Å². The Bertz CT molecular complexity index is 1050. The third kappa shape index (κ3) is 5.95. The Morgan fingerprint density at radius 1 is 0.906 bits per heavy atom. The molecular formula is C24H31N3O4S. The van der Waals surface area contributed by atoms with Gasteiger partial charge in [-0.15, -0.1) is 0 Å². The molecule has 32 heavy (non-hydrogen) atoms. The van der Waals surface area contributed by atoms with Crippen LogP contribution >= 0.6 is 0 Å². The second-order valence-electron chi connectivity index (χ2n) is 9.04. The third-order valence-electron chi connectivity index (χ3n) is 5.54. The Kier molecular flexibility index (Phi) is 7.36. The lowest BCUT2D eigenvalue weighted by Gasteiger charge is -2.19. The number of hydrogen-bond donors (Lipinski definition) is 2. The van der Waals surface area contributed by atoms with E-state index in [1.165, 1.54) is 4.31 Å². The molecule has 172 valence electrons. The van der Waals surface area contributed by atoms with E-state index in [9.17, 15) is 18.0 Å². The van der Waals surface area contributed by atoms with Crippen molar-refractivity contribution < 1.29 is 18.0 Å². The van der Waals surface area contributed by atoms with Crippen LogP contribution in [0, 0.1) is 0 Å². The molecular weight excluding hydrogens is 426 g/mol. The molecule has 0 aliphatic carbocycles. The van der Waals surface area contributed by atoms with Gasteiger partial charge >= 0.3 is 0 Å². The molecule has 0 atom stereocenters. The first-order chi connectivity index (χ1) is 15.1. The first kappa shape index (κ1) is 23.9. The topological polar surface area (TPSA) is 95.6 Å². The molecule has 7 nitrogen and oxygen atoms in total. The molecule has 0 unspecified atom stereocenters. The fraction of sp³-hybridized carbons (Fsp3) is 0.417. The van der Waals surface area contributed by atoms with Crippen LogP contribution in [0.1, 0.15) is 55.1 Å². The number of hydrogen-bond acceptors (Lipinski definition) is 4. The largest absolute Gasteiger partial charge is 0.350 e. The first-order valence-corrected chi connectivity index (χ1v) is 12.3. The average Bonchev–Trinajstić information content (AvgIpc) is 3.32. The summed E-state index contributed by atoms with van der Waals surface area (Å²) < 4.78 is 26.6. The molecule has 0 spiro atoms. The maximum atomic E-state index is 12.6. The summed E-state index contributed by atoms with van der Waals surface area (Å²) in [5.74, 6) is -0.629. The van der Waals surface area contributed by atoms with E-state index in [-0.39, 0.29) is 35.2 Å². The Morgan fingerprint density at radius 3 is 2.06 bits per heavy atom. The second-order valence-corrected chi connectivity index (χ2v) is 11.0. The molecule has 3 rings (SSSR count). The summed E-state index contributed by atoms with van der Waals surface area (Å²) in [6.07, 6.45) is 1.78. The number of amides is 2. The number of sulfonamides is 1. The minimum atomic E-state index is -3.44. The molecule has 2 aromatic rings. The van der Waals surface area contributed by atoms with E-state index in [1.54, 1.807) is 36.4 Å². The van der Waals surface area contributed by atoms with Gasteiger partial charge in [0.1, 0.15) is 0 Å². The van der Waals surface area contributed by atoms with Crippen LogP contribution in [0.4, 0.5) is 0 Å². The van der Waals surface area contributed by atoms with E-state index >= 15 is 0 Å². The van der Waals surface area contributed by atoms with Crippen LogP contribution in [0.2, 0.25) is 0 Å². The summed E-state index contributed by atoms with van der Waals surface area (Å²) >= 11 is 0. The smallest absolute Gasteiger partial charge is 0.251 e. The van der Waals surface area contributed by atoms with Crippen molar-refractivity contribution in [2.75, 3.05) is 19.6 Å². The minimum Gasteiger partial charge on any atom is -0.350 e. The molecule has 0 aromatic heterocycles. The van der Waals surface area contributed by atoms with Crippen molar-refractivity contribution in [3.05, 3.63) is 65.2 Å². The molecule has 8 heteroatoms. The fourth-order valence-corrected chi connectivity index (χ4v) is 5.02. The average molecular weight is 458 g/mol. The zero-order chi connectivity index (χ0) is 23.4. The Labute approximate surface area is 190 Å². The van der Waals surface area contributed by atoms with Gasteiger partial charge in [-0.3, -0.25) is 9.59 Å². The van der Waals surface area contributed by atoms with Gasteiger partial charge in [0.05, 0.1) is 11.4 Å². The number of carbonyl (C=O) groups excluding carboxylic acids is 2. The van der Waals surface area contributed by atoms with E-state index in [0.29, 0.717) is 18.7 Å². The molecule has 0 radical (unpaired) electrons. The van der Waals surface area contributed by atoms with Crippen LogP contribution in [-0.4, -0.2) is 44.2 Å². The van der Waals surface area contributed by atoms with Gasteiger partial charge in [0.15, 0.2) is 0 Å². The van der Waals surface area contributed by atoms with Crippen molar-refractivity contribution in [1.29, 1.82) is 0 Å². The fourth-order valence-electron chi connectivity index (χ4n) is 3.50. The van der Waals surface area contributed by atoms with Gasteiger partial charge in [0.2, 0.25) is 15.9 Å². The summed E-state index contributed by atoms with van der Waals surface area (Å²) in [6, 6.07) is 13.9. The molecule has 1 aliphatic rings. The highest BCUT2D eigenvalue weighted by Gasteiger charge is 2.26. The number of carbonyl (C=O) groups is 2. The SMILES string of the molecule is CC(C)(C)c1ccc(C(=O)NCC(=O)NCc2ccc(S(=O)(=O)N3CCCC3)cc2)cc1. The lowest BCUT2D eigenvalue weighted by atomic mass is 9.87. The normalized spacial score (nSPS) is 14.8. The van der Waals surface area contributed by atoms with Crippen molar-refractivity contribution in [3.8, 4) is 0 Å². The van der Waals surface area contributed by atoms with Crippen molar-refractivity contribution in [2.24, 2.45) is 0 Å². The quantitative estimate of drug-likeness (QED) is 0.668. The standard InChI is InChI=1S/C24H31N3O4S/c1-24(2,3)20-10-8-19(9-11-20)23(29)26-17-22(28)25-16-18-6-12-21(13-7-18)32(30,31)27-14-4-5-15-27/h6-13H,4-5,14-17H2,1-3H3,(H,25,28)(H,26,29). The predicted molar refractivity (Wildman–Crippen MR) is 124 cm³/mol. The van der Waals surface area contributed by atoms with Gasteiger partial charge in [0, 0.05) is 25.2 Å². The van der Waals surface area contributed by atoms with Crippen LogP contribution in [0.25, 0.3) is 0 Å². The number of rotatable bonds is 7. The van der Waals surface area contributed by atoms with E-state index < -0.39 is 10.0 Å². The highest BCUT2D eigenvalue weighted by atomic mass is 32.2. The molecule has 1 saturated heterocycles. The lowest BCUT2D eigenvalue weighted by Crippen LogP contribution is -2.36. The number of nitrogens with zero attached hydrogens (tertiary/aromatic N) is 1. The molecule has 1 aliphatic heterocycles. The highest BCUT2D eigenvalue weighted by molar-refractivity contribution is 7.89. The van der Waals surface area contributed by atoms with Gasteiger partial charge in [-0.2, -0.15) is 4.31 Å². The summed E-state index contributed by atoms with van der Waals surface area (Å²) in [7, 11) is -3.44. The first-order valence-electron chi connectivity index (χ1n) is 10.8. The van der Waals surface area contributed by atoms with E-state index in [4.69, 9.17) is 0 Å². The second kappa shape index (κ2) is 9.83. The summed E-state index contributed by atoms with van der Waals surface area (Å²) in [6.45, 7) is 7.55. The molecule has 0 bridgehead atoms. The lowest BCUT2D eigenvalue weighted by molar-refractivity contribution is -0.120. The van der Waals surface area contributed by atoms with Gasteiger partial charge in [-0.1, -0.05) is 45.0 Å². The van der Waals surface area contributed by atoms with Crippen LogP contribution in [0.3, 0.4) is 0 Å². The van der Waals surface area contributed by atoms with Crippen LogP contribution in [0.15, 0.2) is 53.4 Å². The van der Waals surface area contributed by atoms with E-state index in [1.807, 2.05) is 12.1 Å². The van der Waals surface area contributed by atoms with Gasteiger partial charge in [0.25, 0.3) is 5.91 Å². The van der Waals surface area contributed by atoms with Crippen LogP contribution in [-0.2, 0) is 26.8 Å². The molecule has 2 amide bonds. The Morgan fingerprint density at radius 2 is 1.50 bits per heavy atom. The molecule has 0 saturated carbocycles. The van der Waals surface area contributed by atoms with Gasteiger partial charge < -0.3 is 10.6 Å². The predicted octanol–water partition coefficient (Wildman–Crippen LogP) is 2.81. The van der Waals surface area contributed by atoms with Crippen LogP contribution in [0.5, 0.6) is 0 Å². The highest BCUT2D eigenvalue weighted by Crippen LogP contribution is 2.22. The zero-order valence-corrected chi connectivity index (χ0v) is 19.7. The van der Waals surface area contributed by atoms with Gasteiger partial charge in [-0.05, 0) is 53.6 Å². The van der Waals surface area contributed by atoms with Gasteiger partial charge in [-0.25, -0.2) is 8.42 Å². The zero-order valence-electron chi connectivity index (χ0n) is 18.8. The van der Waals surface area contributed by atoms with E-state index in [2.05, 4.69) is 31.4 Å².